The van der Waals surface area contributed by atoms with Crippen LogP contribution in [-0.4, -0.2) is 34.0 Å². The van der Waals surface area contributed by atoms with E-state index >= 15 is 0 Å². The Morgan fingerprint density at radius 3 is 2.62 bits per heavy atom. The zero-order valence-electron chi connectivity index (χ0n) is 8.88. The molecule has 2 N–H and O–H groups in total. The van der Waals surface area contributed by atoms with E-state index < -0.39 is 18.3 Å². The predicted octanol–water partition coefficient (Wildman–Crippen LogP) is 0.825. The van der Waals surface area contributed by atoms with Gasteiger partial charge >= 0.3 is 5.97 Å². The van der Waals surface area contributed by atoms with E-state index in [1.54, 1.807) is 12.1 Å². The maximum atomic E-state index is 11.3. The predicted molar refractivity (Wildman–Crippen MR) is 56.8 cm³/mol. The Bertz CT molecular complexity index is 403. The standard InChI is InChI=1S/C11H13NO4/c1-12(10(14)6-11(15)16)7-8-3-2-4-9(13)5-8/h2-5,13H,6-7H2,1H3,(H,15,16). The topological polar surface area (TPSA) is 77.8 Å². The maximum Gasteiger partial charge on any atom is 0.312 e. The van der Waals surface area contributed by atoms with Crippen LogP contribution < -0.4 is 0 Å². The van der Waals surface area contributed by atoms with Crippen molar-refractivity contribution >= 4 is 11.9 Å². The molecule has 0 fully saturated rings. The molecule has 1 aromatic carbocycles. The fourth-order valence-corrected chi connectivity index (χ4v) is 1.28. The van der Waals surface area contributed by atoms with Crippen LogP contribution in [0.25, 0.3) is 0 Å². The second-order valence-corrected chi connectivity index (χ2v) is 3.49. The molecule has 0 radical (unpaired) electrons. The van der Waals surface area contributed by atoms with Gasteiger partial charge in [0.1, 0.15) is 12.2 Å². The fourth-order valence-electron chi connectivity index (χ4n) is 1.28. The van der Waals surface area contributed by atoms with Crippen molar-refractivity contribution < 1.29 is 19.8 Å². The van der Waals surface area contributed by atoms with Crippen molar-refractivity contribution in [1.29, 1.82) is 0 Å². The molecule has 0 aliphatic carbocycles. The van der Waals surface area contributed by atoms with Gasteiger partial charge in [-0.15, -0.1) is 0 Å². The molecule has 1 rings (SSSR count). The normalized spacial score (nSPS) is 9.81. The number of carbonyl (C=O) groups is 2. The average Bonchev–Trinajstić information content (AvgIpc) is 2.16. The molecule has 0 heterocycles. The SMILES string of the molecule is CN(Cc1cccc(O)c1)C(=O)CC(=O)O. The van der Waals surface area contributed by atoms with Gasteiger partial charge in [0.25, 0.3) is 0 Å². The van der Waals surface area contributed by atoms with Gasteiger partial charge in [0.15, 0.2) is 0 Å². The van der Waals surface area contributed by atoms with Gasteiger partial charge in [-0.3, -0.25) is 9.59 Å². The Kier molecular flexibility index (Phi) is 3.88. The molecule has 0 saturated carbocycles. The van der Waals surface area contributed by atoms with E-state index in [0.717, 1.165) is 5.56 Å². The number of hydrogen-bond acceptors (Lipinski definition) is 3. The van der Waals surface area contributed by atoms with Crippen LogP contribution >= 0.6 is 0 Å². The third kappa shape index (κ3) is 3.61. The number of carboxylic acid groups (broad SMARTS) is 1. The molecule has 0 spiro atoms. The minimum atomic E-state index is -1.15. The lowest BCUT2D eigenvalue weighted by Gasteiger charge is -2.16. The van der Waals surface area contributed by atoms with E-state index in [2.05, 4.69) is 0 Å². The van der Waals surface area contributed by atoms with Crippen LogP contribution in [0.4, 0.5) is 0 Å². The van der Waals surface area contributed by atoms with Crippen molar-refractivity contribution in [2.75, 3.05) is 7.05 Å². The van der Waals surface area contributed by atoms with Crippen molar-refractivity contribution in [3.05, 3.63) is 29.8 Å². The van der Waals surface area contributed by atoms with Gasteiger partial charge in [0, 0.05) is 13.6 Å². The molecule has 1 amide bonds. The highest BCUT2D eigenvalue weighted by molar-refractivity contribution is 5.93. The van der Waals surface area contributed by atoms with Crippen LogP contribution in [0, 0.1) is 0 Å². The summed E-state index contributed by atoms with van der Waals surface area (Å²) in [5.74, 6) is -1.49. The lowest BCUT2D eigenvalue weighted by molar-refractivity contribution is -0.143. The summed E-state index contributed by atoms with van der Waals surface area (Å²) < 4.78 is 0. The first-order valence-electron chi connectivity index (χ1n) is 4.72. The van der Waals surface area contributed by atoms with Crippen molar-refractivity contribution in [2.45, 2.75) is 13.0 Å². The number of amides is 1. The van der Waals surface area contributed by atoms with Crippen molar-refractivity contribution in [2.24, 2.45) is 0 Å². The summed E-state index contributed by atoms with van der Waals surface area (Å²) in [4.78, 5) is 23.0. The van der Waals surface area contributed by atoms with E-state index in [9.17, 15) is 14.7 Å². The number of aromatic hydroxyl groups is 1. The van der Waals surface area contributed by atoms with E-state index in [-0.39, 0.29) is 12.3 Å². The van der Waals surface area contributed by atoms with Crippen LogP contribution in [0.2, 0.25) is 0 Å². The van der Waals surface area contributed by atoms with Gasteiger partial charge in [-0.1, -0.05) is 12.1 Å². The number of aliphatic carboxylic acids is 1. The summed E-state index contributed by atoms with van der Waals surface area (Å²) in [6, 6.07) is 6.48. The van der Waals surface area contributed by atoms with Gasteiger partial charge in [-0.25, -0.2) is 0 Å². The van der Waals surface area contributed by atoms with Crippen molar-refractivity contribution in [3.8, 4) is 5.75 Å². The fraction of sp³-hybridized carbons (Fsp3) is 0.273. The molecule has 0 unspecified atom stereocenters. The number of rotatable bonds is 4. The van der Waals surface area contributed by atoms with Gasteiger partial charge in [0.2, 0.25) is 5.91 Å². The molecule has 5 nitrogen and oxygen atoms in total. The van der Waals surface area contributed by atoms with Crippen molar-refractivity contribution in [1.82, 2.24) is 4.90 Å². The minimum Gasteiger partial charge on any atom is -0.508 e. The van der Waals surface area contributed by atoms with E-state index in [0.29, 0.717) is 0 Å². The number of nitrogens with zero attached hydrogens (tertiary/aromatic N) is 1. The Labute approximate surface area is 92.9 Å². The van der Waals surface area contributed by atoms with Gasteiger partial charge in [-0.2, -0.15) is 0 Å². The van der Waals surface area contributed by atoms with E-state index in [1.807, 2.05) is 0 Å². The molecule has 86 valence electrons. The molecule has 0 atom stereocenters. The number of phenolic OH excluding ortho intramolecular Hbond substituents is 1. The molecular formula is C11H13NO4. The highest BCUT2D eigenvalue weighted by atomic mass is 16.4. The monoisotopic (exact) mass is 223 g/mol. The Hall–Kier alpha value is -2.04. The van der Waals surface area contributed by atoms with Crippen molar-refractivity contribution in [3.63, 3.8) is 0 Å². The second-order valence-electron chi connectivity index (χ2n) is 3.49. The van der Waals surface area contributed by atoms with Crippen LogP contribution in [0.3, 0.4) is 0 Å². The molecule has 0 saturated heterocycles. The number of benzene rings is 1. The lowest BCUT2D eigenvalue weighted by atomic mass is 10.2. The summed E-state index contributed by atoms with van der Waals surface area (Å²) in [6.45, 7) is 0.278. The van der Waals surface area contributed by atoms with E-state index in [1.165, 1.54) is 24.1 Å². The zero-order chi connectivity index (χ0) is 12.1. The summed E-state index contributed by atoms with van der Waals surface area (Å²) in [5.41, 5.74) is 0.751. The molecule has 5 heteroatoms. The Balaban J connectivity index is 2.60. The molecule has 16 heavy (non-hydrogen) atoms. The molecule has 0 aliphatic heterocycles. The number of carbonyl (C=O) groups excluding carboxylic acids is 1. The van der Waals surface area contributed by atoms with Crippen LogP contribution in [0.5, 0.6) is 5.75 Å². The number of carboxylic acids is 1. The minimum absolute atomic E-state index is 0.122. The summed E-state index contributed by atoms with van der Waals surface area (Å²) in [7, 11) is 1.52. The number of hydrogen-bond donors (Lipinski definition) is 2. The third-order valence-corrected chi connectivity index (χ3v) is 2.06. The van der Waals surface area contributed by atoms with Crippen LogP contribution in [-0.2, 0) is 16.1 Å². The largest absolute Gasteiger partial charge is 0.508 e. The average molecular weight is 223 g/mol. The molecule has 0 aromatic heterocycles. The molecule has 0 bridgehead atoms. The highest BCUT2D eigenvalue weighted by Gasteiger charge is 2.13. The first-order valence-corrected chi connectivity index (χ1v) is 4.72. The summed E-state index contributed by atoms with van der Waals surface area (Å²) in [6.07, 6.45) is -0.519. The van der Waals surface area contributed by atoms with Gasteiger partial charge in [0.05, 0.1) is 0 Å². The Morgan fingerprint density at radius 1 is 1.38 bits per heavy atom. The third-order valence-electron chi connectivity index (χ3n) is 2.06. The molecule has 1 aromatic rings. The first kappa shape index (κ1) is 12.0. The second kappa shape index (κ2) is 5.16. The maximum absolute atomic E-state index is 11.3. The van der Waals surface area contributed by atoms with Crippen LogP contribution in [0.1, 0.15) is 12.0 Å². The highest BCUT2D eigenvalue weighted by Crippen LogP contribution is 2.12. The molecule has 0 aliphatic rings. The molecular weight excluding hydrogens is 210 g/mol. The Morgan fingerprint density at radius 2 is 2.06 bits per heavy atom. The lowest BCUT2D eigenvalue weighted by Crippen LogP contribution is -2.27. The van der Waals surface area contributed by atoms with Gasteiger partial charge < -0.3 is 15.1 Å². The zero-order valence-corrected chi connectivity index (χ0v) is 8.88. The van der Waals surface area contributed by atoms with E-state index in [4.69, 9.17) is 5.11 Å². The van der Waals surface area contributed by atoms with Crippen LogP contribution in [0.15, 0.2) is 24.3 Å². The first-order chi connectivity index (χ1) is 7.49. The summed E-state index contributed by atoms with van der Waals surface area (Å²) >= 11 is 0. The summed E-state index contributed by atoms with van der Waals surface area (Å²) in [5, 5.41) is 17.7. The smallest absolute Gasteiger partial charge is 0.312 e. The quantitative estimate of drug-likeness (QED) is 0.741. The number of phenols is 1. The van der Waals surface area contributed by atoms with Gasteiger partial charge in [-0.05, 0) is 17.7 Å².